The van der Waals surface area contributed by atoms with E-state index in [9.17, 15) is 14.4 Å². The van der Waals surface area contributed by atoms with Crippen LogP contribution in [0.2, 0.25) is 0 Å². The smallest absolute Gasteiger partial charge is 0.408 e. The second-order valence-electron chi connectivity index (χ2n) is 8.50. The van der Waals surface area contributed by atoms with Gasteiger partial charge in [0.25, 0.3) is 0 Å². The first-order chi connectivity index (χ1) is 18.6. The van der Waals surface area contributed by atoms with Gasteiger partial charge in [0, 0.05) is 0 Å². The van der Waals surface area contributed by atoms with Gasteiger partial charge in [0.2, 0.25) is 5.91 Å². The van der Waals surface area contributed by atoms with Gasteiger partial charge in [-0.3, -0.25) is 4.79 Å². The van der Waals surface area contributed by atoms with Crippen molar-refractivity contribution in [1.29, 1.82) is 0 Å². The third-order valence-corrected chi connectivity index (χ3v) is 5.75. The van der Waals surface area contributed by atoms with Gasteiger partial charge in [-0.05, 0) is 22.3 Å². The highest BCUT2D eigenvalue weighted by Crippen LogP contribution is 2.20. The average molecular weight is 509 g/mol. The normalized spacial score (nSPS) is 12.0. The number of benzene rings is 4. The first-order valence-corrected chi connectivity index (χ1v) is 12.2. The molecule has 2 atom stereocenters. The molecule has 0 aliphatic heterocycles. The highest BCUT2D eigenvalue weighted by Gasteiger charge is 2.30. The van der Waals surface area contributed by atoms with E-state index < -0.39 is 30.1 Å². The molecule has 0 saturated carbocycles. The van der Waals surface area contributed by atoms with E-state index in [1.807, 2.05) is 66.7 Å². The van der Waals surface area contributed by atoms with Crippen LogP contribution in [0.4, 0.5) is 4.79 Å². The Labute approximate surface area is 221 Å². The molecule has 0 aliphatic rings. The molecule has 2 N–H and O–H groups in total. The lowest BCUT2D eigenvalue weighted by atomic mass is 10.0. The van der Waals surface area contributed by atoms with E-state index in [2.05, 4.69) is 10.6 Å². The molecule has 4 rings (SSSR count). The molecule has 7 nitrogen and oxygen atoms in total. The zero-order valence-corrected chi connectivity index (χ0v) is 20.7. The van der Waals surface area contributed by atoms with E-state index in [1.54, 1.807) is 54.6 Å². The third-order valence-electron chi connectivity index (χ3n) is 5.75. The molecule has 0 aliphatic carbocycles. The lowest BCUT2D eigenvalue weighted by Gasteiger charge is -2.23. The average Bonchev–Trinajstić information content (AvgIpc) is 2.98. The Morgan fingerprint density at radius 3 is 1.45 bits per heavy atom. The Balaban J connectivity index is 1.49. The van der Waals surface area contributed by atoms with E-state index in [4.69, 9.17) is 9.47 Å². The number of esters is 1. The van der Waals surface area contributed by atoms with Gasteiger partial charge in [0.15, 0.2) is 6.04 Å². The van der Waals surface area contributed by atoms with Crippen LogP contribution in [-0.4, -0.2) is 18.0 Å². The maximum absolute atomic E-state index is 13.5. The Hall–Kier alpha value is -4.91. The molecule has 0 spiro atoms. The maximum atomic E-state index is 13.5. The van der Waals surface area contributed by atoms with E-state index in [1.165, 1.54) is 0 Å². The minimum Gasteiger partial charge on any atom is -0.459 e. The lowest BCUT2D eigenvalue weighted by molar-refractivity contribution is -0.149. The van der Waals surface area contributed by atoms with Gasteiger partial charge in [0.1, 0.15) is 19.3 Å². The van der Waals surface area contributed by atoms with Gasteiger partial charge < -0.3 is 20.1 Å². The number of hydrogen-bond donors (Lipinski definition) is 2. The van der Waals surface area contributed by atoms with Crippen LogP contribution in [0.3, 0.4) is 0 Å². The number of hydrogen-bond acceptors (Lipinski definition) is 5. The van der Waals surface area contributed by atoms with Crippen molar-refractivity contribution >= 4 is 18.0 Å². The summed E-state index contributed by atoms with van der Waals surface area (Å²) in [5.74, 6) is -1.20. The van der Waals surface area contributed by atoms with Gasteiger partial charge in [0.05, 0.1) is 0 Å². The molecule has 0 bridgehead atoms. The number of nitrogens with one attached hydrogen (secondary N) is 2. The molecule has 0 unspecified atom stereocenters. The maximum Gasteiger partial charge on any atom is 0.408 e. The molecule has 7 heteroatoms. The summed E-state index contributed by atoms with van der Waals surface area (Å²) in [6.45, 7) is 0.110. The molecule has 0 fully saturated rings. The molecule has 0 aromatic heterocycles. The molecule has 192 valence electrons. The predicted molar refractivity (Wildman–Crippen MR) is 143 cm³/mol. The molecule has 0 radical (unpaired) electrons. The Kier molecular flexibility index (Phi) is 9.23. The Morgan fingerprint density at radius 1 is 0.526 bits per heavy atom. The van der Waals surface area contributed by atoms with Crippen LogP contribution in [0.15, 0.2) is 121 Å². The van der Waals surface area contributed by atoms with Gasteiger partial charge in [-0.25, -0.2) is 9.59 Å². The fourth-order valence-electron chi connectivity index (χ4n) is 3.79. The number of alkyl carbamates (subject to hydrolysis) is 1. The van der Waals surface area contributed by atoms with Crippen LogP contribution in [0, 0.1) is 0 Å². The van der Waals surface area contributed by atoms with Crippen LogP contribution in [0.1, 0.15) is 34.3 Å². The monoisotopic (exact) mass is 508 g/mol. The number of carbonyl (C=O) groups is 3. The molecular formula is C31H28N2O5. The van der Waals surface area contributed by atoms with Gasteiger partial charge in [-0.15, -0.1) is 0 Å². The fraction of sp³-hybridized carbons (Fsp3) is 0.129. The minimum absolute atomic E-state index is 0.0499. The van der Waals surface area contributed by atoms with E-state index in [0.717, 1.165) is 11.1 Å². The zero-order valence-electron chi connectivity index (χ0n) is 20.7. The van der Waals surface area contributed by atoms with E-state index in [-0.39, 0.29) is 13.2 Å². The van der Waals surface area contributed by atoms with Crippen molar-refractivity contribution in [2.75, 3.05) is 0 Å². The summed E-state index contributed by atoms with van der Waals surface area (Å²) in [6.07, 6.45) is -0.763. The van der Waals surface area contributed by atoms with E-state index in [0.29, 0.717) is 11.1 Å². The molecule has 0 heterocycles. The number of rotatable bonds is 10. The number of carbonyl (C=O) groups excluding carboxylic acids is 3. The Bertz CT molecular complexity index is 1320. The van der Waals surface area contributed by atoms with Crippen molar-refractivity contribution in [2.45, 2.75) is 25.3 Å². The zero-order chi connectivity index (χ0) is 26.6. The third kappa shape index (κ3) is 7.54. The highest BCUT2D eigenvalue weighted by atomic mass is 16.5. The molecule has 4 aromatic rings. The van der Waals surface area contributed by atoms with Crippen molar-refractivity contribution in [3.63, 3.8) is 0 Å². The molecule has 0 saturated heterocycles. The number of amides is 2. The molecular weight excluding hydrogens is 480 g/mol. The summed E-state index contributed by atoms with van der Waals surface area (Å²) in [4.78, 5) is 39.3. The van der Waals surface area contributed by atoms with Crippen LogP contribution < -0.4 is 10.6 Å². The molecule has 4 aromatic carbocycles. The highest BCUT2D eigenvalue weighted by molar-refractivity contribution is 5.91. The van der Waals surface area contributed by atoms with E-state index >= 15 is 0 Å². The van der Waals surface area contributed by atoms with Crippen LogP contribution in [0.5, 0.6) is 0 Å². The standard InChI is InChI=1S/C31H28N2O5/c34-29(27(25-17-9-3-10-18-25)33-31(36)38-22-24-15-7-2-8-16-24)32-28(26-19-11-4-12-20-26)30(35)37-21-23-13-5-1-6-14-23/h1-20,27-28H,21-22H2,(H,32,34)(H,33,36)/t27-,28-/m1/s1. The van der Waals surface area contributed by atoms with Crippen molar-refractivity contribution in [3.05, 3.63) is 144 Å². The quantitative estimate of drug-likeness (QED) is 0.285. The van der Waals surface area contributed by atoms with Crippen molar-refractivity contribution in [1.82, 2.24) is 10.6 Å². The van der Waals surface area contributed by atoms with Gasteiger partial charge >= 0.3 is 12.1 Å². The predicted octanol–water partition coefficient (Wildman–Crippen LogP) is 5.26. The molecule has 2 amide bonds. The summed E-state index contributed by atoms with van der Waals surface area (Å²) in [7, 11) is 0. The summed E-state index contributed by atoms with van der Waals surface area (Å²) in [5, 5.41) is 5.39. The van der Waals surface area contributed by atoms with Crippen LogP contribution >= 0.6 is 0 Å². The first-order valence-electron chi connectivity index (χ1n) is 12.2. The summed E-state index contributed by atoms with van der Waals surface area (Å²) >= 11 is 0. The second kappa shape index (κ2) is 13.4. The summed E-state index contributed by atoms with van der Waals surface area (Å²) in [5.41, 5.74) is 2.72. The minimum atomic E-state index is -1.10. The van der Waals surface area contributed by atoms with Gasteiger partial charge in [-0.1, -0.05) is 121 Å². The number of ether oxygens (including phenoxy) is 2. The van der Waals surface area contributed by atoms with Crippen molar-refractivity contribution in [2.24, 2.45) is 0 Å². The lowest BCUT2D eigenvalue weighted by Crippen LogP contribution is -2.44. The SMILES string of the molecule is O=C(N[C@@H](C(=O)N[C@@H](C(=O)OCc1ccccc1)c1ccccc1)c1ccccc1)OCc1ccccc1. The fourth-order valence-corrected chi connectivity index (χ4v) is 3.79. The molecule has 38 heavy (non-hydrogen) atoms. The van der Waals surface area contributed by atoms with Crippen LogP contribution in [-0.2, 0) is 32.3 Å². The second-order valence-corrected chi connectivity index (χ2v) is 8.50. The van der Waals surface area contributed by atoms with Crippen molar-refractivity contribution in [3.8, 4) is 0 Å². The Morgan fingerprint density at radius 2 is 0.947 bits per heavy atom. The first kappa shape index (κ1) is 26.2. The summed E-state index contributed by atoms with van der Waals surface area (Å²) in [6, 6.07) is 33.9. The summed E-state index contributed by atoms with van der Waals surface area (Å²) < 4.78 is 10.9. The van der Waals surface area contributed by atoms with Gasteiger partial charge in [-0.2, -0.15) is 0 Å². The van der Waals surface area contributed by atoms with Crippen LogP contribution in [0.25, 0.3) is 0 Å². The van der Waals surface area contributed by atoms with Crippen molar-refractivity contribution < 1.29 is 23.9 Å². The topological polar surface area (TPSA) is 93.7 Å². The largest absolute Gasteiger partial charge is 0.459 e.